The summed E-state index contributed by atoms with van der Waals surface area (Å²) in [5.41, 5.74) is 6.35. The summed E-state index contributed by atoms with van der Waals surface area (Å²) < 4.78 is 11.8. The predicted octanol–water partition coefficient (Wildman–Crippen LogP) is 5.32. The Morgan fingerprint density at radius 3 is 2.21 bits per heavy atom. The molecule has 0 fully saturated rings. The molecule has 1 aromatic heterocycles. The normalized spacial score (nSPS) is 15.7. The highest BCUT2D eigenvalue weighted by atomic mass is 16.5. The molecule has 196 valence electrons. The van der Waals surface area contributed by atoms with Crippen LogP contribution in [0.3, 0.4) is 0 Å². The predicted molar refractivity (Wildman–Crippen MR) is 150 cm³/mol. The molecule has 2 atom stereocenters. The molecule has 1 aliphatic rings. The molecule has 5 rings (SSSR count). The summed E-state index contributed by atoms with van der Waals surface area (Å²) >= 11 is 0. The number of hydrogen-bond donors (Lipinski definition) is 1. The van der Waals surface area contributed by atoms with Gasteiger partial charge < -0.3 is 14.6 Å². The quantitative estimate of drug-likeness (QED) is 0.309. The molecule has 1 N–H and O–H groups in total. The summed E-state index contributed by atoms with van der Waals surface area (Å²) in [6.07, 6.45) is 1.84. The smallest absolute Gasteiger partial charge is 0.220 e. The van der Waals surface area contributed by atoms with Crippen LogP contribution in [-0.2, 0) is 19.5 Å². The zero-order chi connectivity index (χ0) is 26.5. The highest BCUT2D eigenvalue weighted by Crippen LogP contribution is 2.38. The van der Waals surface area contributed by atoms with Crippen molar-refractivity contribution in [3.63, 3.8) is 0 Å². The number of rotatable bonds is 9. The van der Waals surface area contributed by atoms with E-state index in [2.05, 4.69) is 76.6 Å². The molecule has 3 aromatic carbocycles. The minimum atomic E-state index is -0.826. The summed E-state index contributed by atoms with van der Waals surface area (Å²) in [6, 6.07) is 29.6. The van der Waals surface area contributed by atoms with Crippen LogP contribution < -0.4 is 9.47 Å². The van der Waals surface area contributed by atoms with Gasteiger partial charge in [-0.25, -0.2) is 4.98 Å². The van der Waals surface area contributed by atoms with Crippen molar-refractivity contribution in [2.24, 2.45) is 0 Å². The zero-order valence-corrected chi connectivity index (χ0v) is 22.2. The molecule has 1 aliphatic heterocycles. The largest absolute Gasteiger partial charge is 0.492 e. The highest BCUT2D eigenvalue weighted by Gasteiger charge is 2.28. The van der Waals surface area contributed by atoms with Gasteiger partial charge in [-0.05, 0) is 49.3 Å². The van der Waals surface area contributed by atoms with Crippen molar-refractivity contribution in [2.45, 2.75) is 31.8 Å². The van der Waals surface area contributed by atoms with Gasteiger partial charge in [0.25, 0.3) is 0 Å². The maximum Gasteiger partial charge on any atom is 0.220 e. The van der Waals surface area contributed by atoms with Crippen LogP contribution in [0.4, 0.5) is 0 Å². The van der Waals surface area contributed by atoms with E-state index in [-0.39, 0.29) is 6.04 Å². The average Bonchev–Trinajstić information content (AvgIpc) is 2.96. The Hall–Kier alpha value is -3.71. The molecule has 38 heavy (non-hydrogen) atoms. The maximum absolute atomic E-state index is 10.8. The minimum absolute atomic E-state index is 0.196. The fourth-order valence-electron chi connectivity index (χ4n) is 5.10. The molecule has 0 radical (unpaired) electrons. The van der Waals surface area contributed by atoms with Gasteiger partial charge >= 0.3 is 0 Å². The molecule has 2 unspecified atom stereocenters. The van der Waals surface area contributed by atoms with Gasteiger partial charge in [-0.3, -0.25) is 9.80 Å². The lowest BCUT2D eigenvalue weighted by molar-refractivity contribution is 0.0370. The van der Waals surface area contributed by atoms with Crippen molar-refractivity contribution in [2.75, 3.05) is 27.8 Å². The minimum Gasteiger partial charge on any atom is -0.492 e. The van der Waals surface area contributed by atoms with Crippen molar-refractivity contribution in [3.8, 4) is 22.8 Å². The number of pyridine rings is 1. The fraction of sp³-hybridized carbons (Fsp3) is 0.281. The molecule has 0 saturated heterocycles. The van der Waals surface area contributed by atoms with Gasteiger partial charge in [0.15, 0.2) is 0 Å². The lowest BCUT2D eigenvalue weighted by Gasteiger charge is -2.36. The van der Waals surface area contributed by atoms with Gasteiger partial charge in [0.1, 0.15) is 18.6 Å². The number of hydrogen-bond acceptors (Lipinski definition) is 6. The van der Waals surface area contributed by atoms with E-state index in [0.717, 1.165) is 42.0 Å². The van der Waals surface area contributed by atoms with E-state index in [1.54, 1.807) is 12.0 Å². The third kappa shape index (κ3) is 5.73. The molecule has 4 aromatic rings. The molecular formula is C32H35N3O3. The van der Waals surface area contributed by atoms with Gasteiger partial charge in [-0.1, -0.05) is 72.8 Å². The number of fused-ring (bicyclic) bond motifs is 1. The Balaban J connectivity index is 1.48. The topological polar surface area (TPSA) is 58.1 Å². The molecule has 0 aliphatic carbocycles. The third-order valence-corrected chi connectivity index (χ3v) is 7.13. The highest BCUT2D eigenvalue weighted by molar-refractivity contribution is 5.71. The van der Waals surface area contributed by atoms with Gasteiger partial charge in [-0.2, -0.15) is 0 Å². The van der Waals surface area contributed by atoms with E-state index >= 15 is 0 Å². The van der Waals surface area contributed by atoms with E-state index in [1.165, 1.54) is 11.1 Å². The first-order valence-electron chi connectivity index (χ1n) is 13.0. The molecule has 0 bridgehead atoms. The second-order valence-corrected chi connectivity index (χ2v) is 9.99. The Labute approximate surface area is 225 Å². The molecule has 0 saturated carbocycles. The summed E-state index contributed by atoms with van der Waals surface area (Å²) in [6.45, 7) is 2.30. The van der Waals surface area contributed by atoms with Crippen LogP contribution in [0, 0.1) is 0 Å². The summed E-state index contributed by atoms with van der Waals surface area (Å²) in [4.78, 5) is 8.77. The first-order chi connectivity index (χ1) is 18.5. The SMILES string of the molecule is COc1ncc(-c2cccc3c2CC(N(Cc2ccccc2)Cc2ccccc2)CO3)cc1C(O)N(C)C. The Bertz CT molecular complexity index is 1300. The third-order valence-electron chi connectivity index (χ3n) is 7.13. The summed E-state index contributed by atoms with van der Waals surface area (Å²) in [7, 11) is 5.23. The number of aliphatic hydroxyl groups is 1. The van der Waals surface area contributed by atoms with E-state index in [4.69, 9.17) is 9.47 Å². The molecule has 2 heterocycles. The number of aromatic nitrogens is 1. The number of benzene rings is 3. The van der Waals surface area contributed by atoms with Crippen LogP contribution in [0.1, 0.15) is 28.5 Å². The average molecular weight is 510 g/mol. The van der Waals surface area contributed by atoms with E-state index in [9.17, 15) is 5.11 Å². The number of methoxy groups -OCH3 is 1. The second kappa shape index (κ2) is 11.8. The zero-order valence-electron chi connectivity index (χ0n) is 22.2. The van der Waals surface area contributed by atoms with Crippen LogP contribution in [0.2, 0.25) is 0 Å². The second-order valence-electron chi connectivity index (χ2n) is 9.99. The standard InChI is InChI=1S/C32H35N3O3/c1-34(2)32(36)29-17-25(19-33-31(29)37-3)27-15-10-16-30-28(27)18-26(22-38-30)35(20-23-11-6-4-7-12-23)21-24-13-8-5-9-14-24/h4-17,19,26,32,36H,18,20-22H2,1-3H3. The van der Waals surface area contributed by atoms with Crippen molar-refractivity contribution < 1.29 is 14.6 Å². The van der Waals surface area contributed by atoms with Gasteiger partial charge in [0.05, 0.1) is 12.7 Å². The van der Waals surface area contributed by atoms with Gasteiger partial charge in [-0.15, -0.1) is 0 Å². The van der Waals surface area contributed by atoms with Crippen molar-refractivity contribution in [1.29, 1.82) is 0 Å². The van der Waals surface area contributed by atoms with E-state index in [1.807, 2.05) is 38.5 Å². The van der Waals surface area contributed by atoms with Crippen LogP contribution in [0.25, 0.3) is 11.1 Å². The van der Waals surface area contributed by atoms with Gasteiger partial charge in [0.2, 0.25) is 5.88 Å². The van der Waals surface area contributed by atoms with Crippen molar-refractivity contribution in [3.05, 3.63) is 113 Å². The summed E-state index contributed by atoms with van der Waals surface area (Å²) in [5.74, 6) is 1.33. The molecule has 0 amide bonds. The monoisotopic (exact) mass is 509 g/mol. The van der Waals surface area contributed by atoms with Crippen LogP contribution >= 0.6 is 0 Å². The molecular weight excluding hydrogens is 474 g/mol. The van der Waals surface area contributed by atoms with Crippen LogP contribution in [0.15, 0.2) is 91.1 Å². The molecule has 6 nitrogen and oxygen atoms in total. The lowest BCUT2D eigenvalue weighted by Crippen LogP contribution is -2.42. The fourth-order valence-corrected chi connectivity index (χ4v) is 5.10. The Kier molecular flexibility index (Phi) is 8.03. The first kappa shape index (κ1) is 25.9. The Morgan fingerprint density at radius 2 is 1.61 bits per heavy atom. The first-order valence-corrected chi connectivity index (χ1v) is 13.0. The van der Waals surface area contributed by atoms with Gasteiger partial charge in [0, 0.05) is 36.5 Å². The number of aliphatic hydroxyl groups excluding tert-OH is 1. The van der Waals surface area contributed by atoms with Crippen LogP contribution in [0.5, 0.6) is 11.6 Å². The van der Waals surface area contributed by atoms with Crippen LogP contribution in [-0.4, -0.2) is 53.7 Å². The van der Waals surface area contributed by atoms with E-state index < -0.39 is 6.23 Å². The number of ether oxygens (including phenoxy) is 2. The Morgan fingerprint density at radius 1 is 0.947 bits per heavy atom. The molecule has 6 heteroatoms. The maximum atomic E-state index is 10.8. The van der Waals surface area contributed by atoms with E-state index in [0.29, 0.717) is 18.1 Å². The summed E-state index contributed by atoms with van der Waals surface area (Å²) in [5, 5.41) is 10.8. The molecule has 0 spiro atoms. The van der Waals surface area contributed by atoms with Crippen molar-refractivity contribution >= 4 is 0 Å². The lowest BCUT2D eigenvalue weighted by atomic mass is 9.92. The number of nitrogens with zero attached hydrogens (tertiary/aromatic N) is 3. The van der Waals surface area contributed by atoms with Crippen molar-refractivity contribution in [1.82, 2.24) is 14.8 Å².